The van der Waals surface area contributed by atoms with Gasteiger partial charge in [0.05, 0.1) is 0 Å². The fourth-order valence-corrected chi connectivity index (χ4v) is 2.75. The van der Waals surface area contributed by atoms with Gasteiger partial charge < -0.3 is 10.2 Å². The fraction of sp³-hybridized carbons (Fsp3) is 0.294. The van der Waals surface area contributed by atoms with Gasteiger partial charge in [0.2, 0.25) is 0 Å². The molecule has 3 rings (SSSR count). The highest BCUT2D eigenvalue weighted by molar-refractivity contribution is 5.47. The Hall–Kier alpha value is -1.94. The van der Waals surface area contributed by atoms with Crippen LogP contribution in [0.15, 0.2) is 48.5 Å². The van der Waals surface area contributed by atoms with Crippen molar-refractivity contribution in [1.82, 2.24) is 5.32 Å². The van der Waals surface area contributed by atoms with Gasteiger partial charge in [0, 0.05) is 30.9 Å². The van der Waals surface area contributed by atoms with Crippen molar-refractivity contribution in [3.05, 3.63) is 65.7 Å². The van der Waals surface area contributed by atoms with Crippen molar-refractivity contribution in [2.24, 2.45) is 0 Å². The van der Waals surface area contributed by atoms with Gasteiger partial charge in [-0.3, -0.25) is 0 Å². The van der Waals surface area contributed by atoms with Gasteiger partial charge in [0.15, 0.2) is 11.6 Å². The van der Waals surface area contributed by atoms with Gasteiger partial charge >= 0.3 is 0 Å². The zero-order valence-corrected chi connectivity index (χ0v) is 11.7. The summed E-state index contributed by atoms with van der Waals surface area (Å²) in [6.07, 6.45) is 0.975. The summed E-state index contributed by atoms with van der Waals surface area (Å²) in [5.74, 6) is -1.59. The predicted molar refractivity (Wildman–Crippen MR) is 80.4 cm³/mol. The Balaban J connectivity index is 1.83. The second-order valence-electron chi connectivity index (χ2n) is 5.32. The minimum absolute atomic E-state index is 0.196. The van der Waals surface area contributed by atoms with Gasteiger partial charge in [0.1, 0.15) is 0 Å². The number of hydrogen-bond acceptors (Lipinski definition) is 2. The topological polar surface area (TPSA) is 15.3 Å². The number of halogens is 2. The van der Waals surface area contributed by atoms with Gasteiger partial charge in [-0.05, 0) is 30.7 Å². The molecule has 2 aromatic rings. The van der Waals surface area contributed by atoms with Crippen LogP contribution in [-0.4, -0.2) is 19.6 Å². The van der Waals surface area contributed by atoms with Crippen LogP contribution in [0.3, 0.4) is 0 Å². The summed E-state index contributed by atoms with van der Waals surface area (Å²) >= 11 is 0. The molecule has 1 atom stereocenters. The van der Waals surface area contributed by atoms with Gasteiger partial charge in [-0.2, -0.15) is 0 Å². The maximum Gasteiger partial charge on any atom is 0.160 e. The van der Waals surface area contributed by atoms with Gasteiger partial charge in [-0.25, -0.2) is 8.78 Å². The number of rotatable bonds is 2. The first-order chi connectivity index (χ1) is 10.2. The van der Waals surface area contributed by atoms with E-state index in [-0.39, 0.29) is 6.04 Å². The SMILES string of the molecule is Fc1ccc(N2CCCNC(c3ccccc3)C2)cc1F. The molecular formula is C17H18F2N2. The molecule has 0 radical (unpaired) electrons. The summed E-state index contributed by atoms with van der Waals surface area (Å²) in [7, 11) is 0. The lowest BCUT2D eigenvalue weighted by Crippen LogP contribution is -2.31. The molecule has 0 aromatic heterocycles. The summed E-state index contributed by atoms with van der Waals surface area (Å²) in [6.45, 7) is 2.50. The molecule has 2 aromatic carbocycles. The maximum absolute atomic E-state index is 13.4. The average molecular weight is 288 g/mol. The van der Waals surface area contributed by atoms with E-state index in [2.05, 4.69) is 22.3 Å². The second-order valence-corrected chi connectivity index (χ2v) is 5.32. The molecule has 1 heterocycles. The van der Waals surface area contributed by atoms with E-state index in [4.69, 9.17) is 0 Å². The summed E-state index contributed by atoms with van der Waals surface area (Å²) in [4.78, 5) is 2.11. The first-order valence-electron chi connectivity index (χ1n) is 7.22. The molecule has 1 N–H and O–H groups in total. The number of benzene rings is 2. The van der Waals surface area contributed by atoms with Crippen LogP contribution in [0.2, 0.25) is 0 Å². The summed E-state index contributed by atoms with van der Waals surface area (Å²) in [5.41, 5.74) is 1.95. The van der Waals surface area contributed by atoms with Gasteiger partial charge in [-0.15, -0.1) is 0 Å². The van der Waals surface area contributed by atoms with Crippen LogP contribution >= 0.6 is 0 Å². The van der Waals surface area contributed by atoms with Gasteiger partial charge in [-0.1, -0.05) is 30.3 Å². The third kappa shape index (κ3) is 3.22. The van der Waals surface area contributed by atoms with Gasteiger partial charge in [0.25, 0.3) is 0 Å². The van der Waals surface area contributed by atoms with Crippen LogP contribution in [-0.2, 0) is 0 Å². The largest absolute Gasteiger partial charge is 0.369 e. The Morgan fingerprint density at radius 3 is 2.57 bits per heavy atom. The number of anilines is 1. The minimum atomic E-state index is -0.800. The molecule has 2 nitrogen and oxygen atoms in total. The highest BCUT2D eigenvalue weighted by Crippen LogP contribution is 2.23. The third-order valence-electron chi connectivity index (χ3n) is 3.87. The first-order valence-corrected chi connectivity index (χ1v) is 7.22. The molecule has 4 heteroatoms. The van der Waals surface area contributed by atoms with Crippen molar-refractivity contribution < 1.29 is 8.78 Å². The lowest BCUT2D eigenvalue weighted by Gasteiger charge is -2.27. The van der Waals surface area contributed by atoms with E-state index in [0.717, 1.165) is 31.7 Å². The molecule has 1 saturated heterocycles. The standard InChI is InChI=1S/C17H18F2N2/c18-15-8-7-14(11-16(15)19)21-10-4-9-20-17(12-21)13-5-2-1-3-6-13/h1-3,5-8,11,17,20H,4,9-10,12H2. The van der Waals surface area contributed by atoms with E-state index < -0.39 is 11.6 Å². The van der Waals surface area contributed by atoms with Crippen LogP contribution in [0.5, 0.6) is 0 Å². The predicted octanol–water partition coefficient (Wildman–Crippen LogP) is 3.51. The molecule has 110 valence electrons. The molecule has 0 saturated carbocycles. The summed E-state index contributed by atoms with van der Waals surface area (Å²) < 4.78 is 26.5. The Labute approximate surface area is 123 Å². The van der Waals surface area contributed by atoms with E-state index in [1.807, 2.05) is 18.2 Å². The number of nitrogens with zero attached hydrogens (tertiary/aromatic N) is 1. The summed E-state index contributed by atoms with van der Waals surface area (Å²) in [6, 6.07) is 14.5. The molecule has 0 amide bonds. The molecule has 21 heavy (non-hydrogen) atoms. The van der Waals surface area contributed by atoms with E-state index in [1.165, 1.54) is 17.7 Å². The highest BCUT2D eigenvalue weighted by Gasteiger charge is 2.20. The van der Waals surface area contributed by atoms with Crippen LogP contribution in [0, 0.1) is 11.6 Å². The maximum atomic E-state index is 13.4. The lowest BCUT2D eigenvalue weighted by atomic mass is 10.1. The van der Waals surface area contributed by atoms with Crippen molar-refractivity contribution in [2.75, 3.05) is 24.5 Å². The van der Waals surface area contributed by atoms with E-state index in [1.54, 1.807) is 6.07 Å². The molecule has 0 aliphatic carbocycles. The smallest absolute Gasteiger partial charge is 0.160 e. The Morgan fingerprint density at radius 2 is 1.81 bits per heavy atom. The molecule has 1 aliphatic heterocycles. The van der Waals surface area contributed by atoms with Crippen molar-refractivity contribution in [1.29, 1.82) is 0 Å². The second kappa shape index (κ2) is 6.22. The summed E-state index contributed by atoms with van der Waals surface area (Å²) in [5, 5.41) is 3.51. The lowest BCUT2D eigenvalue weighted by molar-refractivity contribution is 0.508. The molecule has 0 spiro atoms. The van der Waals surface area contributed by atoms with Crippen LogP contribution in [0.4, 0.5) is 14.5 Å². The normalized spacial score (nSPS) is 19.3. The van der Waals surface area contributed by atoms with Crippen LogP contribution in [0.1, 0.15) is 18.0 Å². The highest BCUT2D eigenvalue weighted by atomic mass is 19.2. The quantitative estimate of drug-likeness (QED) is 0.910. The zero-order chi connectivity index (χ0) is 14.7. The molecule has 1 aliphatic rings. The van der Waals surface area contributed by atoms with E-state index in [9.17, 15) is 8.78 Å². The Kier molecular flexibility index (Phi) is 4.15. The third-order valence-corrected chi connectivity index (χ3v) is 3.87. The Bertz CT molecular complexity index is 601. The molecular weight excluding hydrogens is 270 g/mol. The monoisotopic (exact) mass is 288 g/mol. The molecule has 1 fully saturated rings. The van der Waals surface area contributed by atoms with Crippen molar-refractivity contribution >= 4 is 5.69 Å². The van der Waals surface area contributed by atoms with E-state index in [0.29, 0.717) is 0 Å². The van der Waals surface area contributed by atoms with E-state index >= 15 is 0 Å². The number of nitrogens with one attached hydrogen (secondary N) is 1. The van der Waals surface area contributed by atoms with Crippen molar-refractivity contribution in [3.8, 4) is 0 Å². The molecule has 0 bridgehead atoms. The first kappa shape index (κ1) is 14.0. The fourth-order valence-electron chi connectivity index (χ4n) is 2.75. The van der Waals surface area contributed by atoms with Crippen molar-refractivity contribution in [3.63, 3.8) is 0 Å². The average Bonchev–Trinajstić information content (AvgIpc) is 2.77. The Morgan fingerprint density at radius 1 is 1.00 bits per heavy atom. The minimum Gasteiger partial charge on any atom is -0.369 e. The zero-order valence-electron chi connectivity index (χ0n) is 11.7. The van der Waals surface area contributed by atoms with Crippen LogP contribution in [0.25, 0.3) is 0 Å². The van der Waals surface area contributed by atoms with Crippen LogP contribution < -0.4 is 10.2 Å². The molecule has 1 unspecified atom stereocenters. The number of hydrogen-bond donors (Lipinski definition) is 1. The van der Waals surface area contributed by atoms with Crippen molar-refractivity contribution in [2.45, 2.75) is 12.5 Å².